The van der Waals surface area contributed by atoms with E-state index in [2.05, 4.69) is 0 Å². The maximum absolute atomic E-state index is 13.8. The number of rotatable bonds is 2. The predicted octanol–water partition coefficient (Wildman–Crippen LogP) is 4.23. The van der Waals surface area contributed by atoms with E-state index in [1.54, 1.807) is 6.92 Å². The lowest BCUT2D eigenvalue weighted by atomic mass is 9.84. The van der Waals surface area contributed by atoms with Gasteiger partial charge in [-0.2, -0.15) is 0 Å². The minimum absolute atomic E-state index is 0.166. The van der Waals surface area contributed by atoms with Gasteiger partial charge >= 0.3 is 0 Å². The number of aryl methyl sites for hydroxylation is 1. The molecule has 1 nitrogen and oxygen atoms in total. The van der Waals surface area contributed by atoms with Crippen LogP contribution in [-0.4, -0.2) is 13.2 Å². The second-order valence-corrected chi connectivity index (χ2v) is 5.50. The standard InChI is InChI=1S/C14H17ClF2O/c1-8-5-11(13(17)6-12(8)16)14(15)10-3-4-18-7-9(10)2/h5-6,9-10,14H,3-4,7H2,1-2H3. The predicted molar refractivity (Wildman–Crippen MR) is 67.8 cm³/mol. The van der Waals surface area contributed by atoms with Crippen molar-refractivity contribution in [3.8, 4) is 0 Å². The average Bonchev–Trinajstić information content (AvgIpc) is 2.33. The summed E-state index contributed by atoms with van der Waals surface area (Å²) in [5.74, 6) is -0.636. The molecule has 3 atom stereocenters. The maximum Gasteiger partial charge on any atom is 0.130 e. The Balaban J connectivity index is 2.27. The summed E-state index contributed by atoms with van der Waals surface area (Å²) in [7, 11) is 0. The lowest BCUT2D eigenvalue weighted by Crippen LogP contribution is -2.28. The Labute approximate surface area is 111 Å². The number of ether oxygens (including phenoxy) is 1. The molecule has 100 valence electrons. The Morgan fingerprint density at radius 2 is 2.06 bits per heavy atom. The topological polar surface area (TPSA) is 9.23 Å². The number of benzene rings is 1. The van der Waals surface area contributed by atoms with E-state index >= 15 is 0 Å². The van der Waals surface area contributed by atoms with Gasteiger partial charge in [-0.15, -0.1) is 11.6 Å². The first kappa shape index (κ1) is 13.8. The highest BCUT2D eigenvalue weighted by molar-refractivity contribution is 6.21. The highest BCUT2D eigenvalue weighted by atomic mass is 35.5. The highest BCUT2D eigenvalue weighted by Crippen LogP contribution is 2.39. The maximum atomic E-state index is 13.8. The molecule has 1 saturated heterocycles. The first-order valence-electron chi connectivity index (χ1n) is 6.18. The third-order valence-electron chi connectivity index (χ3n) is 3.66. The van der Waals surface area contributed by atoms with Crippen LogP contribution in [0.5, 0.6) is 0 Å². The van der Waals surface area contributed by atoms with Gasteiger partial charge < -0.3 is 4.74 Å². The summed E-state index contributed by atoms with van der Waals surface area (Å²) in [6.07, 6.45) is 0.811. The summed E-state index contributed by atoms with van der Waals surface area (Å²) in [4.78, 5) is 0. The molecule has 0 amide bonds. The first-order chi connectivity index (χ1) is 8.50. The van der Waals surface area contributed by atoms with Crippen molar-refractivity contribution < 1.29 is 13.5 Å². The van der Waals surface area contributed by atoms with Gasteiger partial charge in [0.25, 0.3) is 0 Å². The van der Waals surface area contributed by atoms with Crippen LogP contribution in [0.1, 0.15) is 29.8 Å². The van der Waals surface area contributed by atoms with Gasteiger partial charge in [0.1, 0.15) is 11.6 Å². The van der Waals surface area contributed by atoms with Crippen molar-refractivity contribution in [1.82, 2.24) is 0 Å². The molecule has 0 spiro atoms. The van der Waals surface area contributed by atoms with Crippen LogP contribution in [0, 0.1) is 30.4 Å². The molecule has 0 saturated carbocycles. The summed E-state index contributed by atoms with van der Waals surface area (Å²) in [5.41, 5.74) is 0.825. The lowest BCUT2D eigenvalue weighted by Gasteiger charge is -2.32. The molecule has 0 N–H and O–H groups in total. The Morgan fingerprint density at radius 3 is 2.72 bits per heavy atom. The SMILES string of the molecule is Cc1cc(C(Cl)C2CCOCC2C)c(F)cc1F. The van der Waals surface area contributed by atoms with E-state index < -0.39 is 17.0 Å². The molecule has 1 fully saturated rings. The Bertz CT molecular complexity index is 436. The third-order valence-corrected chi connectivity index (χ3v) is 4.22. The van der Waals surface area contributed by atoms with E-state index in [0.717, 1.165) is 12.5 Å². The Morgan fingerprint density at radius 1 is 1.33 bits per heavy atom. The molecule has 0 bridgehead atoms. The van der Waals surface area contributed by atoms with Crippen LogP contribution in [0.15, 0.2) is 12.1 Å². The molecule has 0 aromatic heterocycles. The van der Waals surface area contributed by atoms with E-state index in [9.17, 15) is 8.78 Å². The van der Waals surface area contributed by atoms with E-state index in [4.69, 9.17) is 16.3 Å². The van der Waals surface area contributed by atoms with Crippen molar-refractivity contribution in [2.45, 2.75) is 25.6 Å². The fourth-order valence-corrected chi connectivity index (χ4v) is 2.99. The molecule has 18 heavy (non-hydrogen) atoms. The molecule has 2 rings (SSSR count). The van der Waals surface area contributed by atoms with Gasteiger partial charge in [0.2, 0.25) is 0 Å². The number of hydrogen-bond donors (Lipinski definition) is 0. The lowest BCUT2D eigenvalue weighted by molar-refractivity contribution is 0.0225. The van der Waals surface area contributed by atoms with Crippen molar-refractivity contribution in [3.63, 3.8) is 0 Å². The summed E-state index contributed by atoms with van der Waals surface area (Å²) in [6, 6.07) is 2.44. The molecular weight excluding hydrogens is 258 g/mol. The number of alkyl halides is 1. The van der Waals surface area contributed by atoms with Crippen LogP contribution in [0.4, 0.5) is 8.78 Å². The van der Waals surface area contributed by atoms with Gasteiger partial charge in [0, 0.05) is 24.8 Å². The zero-order valence-electron chi connectivity index (χ0n) is 10.6. The van der Waals surface area contributed by atoms with Gasteiger partial charge in [0.15, 0.2) is 0 Å². The zero-order chi connectivity index (χ0) is 13.3. The fourth-order valence-electron chi connectivity index (χ4n) is 2.45. The smallest absolute Gasteiger partial charge is 0.130 e. The molecule has 1 aromatic rings. The molecule has 1 heterocycles. The van der Waals surface area contributed by atoms with Crippen LogP contribution in [0.3, 0.4) is 0 Å². The number of halogens is 3. The molecular formula is C14H17ClF2O. The highest BCUT2D eigenvalue weighted by Gasteiger charge is 2.31. The molecule has 0 radical (unpaired) electrons. The molecule has 0 aliphatic carbocycles. The van der Waals surface area contributed by atoms with E-state index in [0.29, 0.717) is 24.3 Å². The van der Waals surface area contributed by atoms with Crippen LogP contribution in [0.25, 0.3) is 0 Å². The van der Waals surface area contributed by atoms with Crippen LogP contribution < -0.4 is 0 Å². The quantitative estimate of drug-likeness (QED) is 0.734. The normalized spacial score (nSPS) is 26.1. The summed E-state index contributed by atoms with van der Waals surface area (Å²) in [5, 5.41) is -0.428. The van der Waals surface area contributed by atoms with Gasteiger partial charge in [-0.25, -0.2) is 8.78 Å². The largest absolute Gasteiger partial charge is 0.381 e. The van der Waals surface area contributed by atoms with Crippen molar-refractivity contribution in [1.29, 1.82) is 0 Å². The van der Waals surface area contributed by atoms with E-state index in [1.165, 1.54) is 6.07 Å². The molecule has 1 aliphatic rings. The monoisotopic (exact) mass is 274 g/mol. The van der Waals surface area contributed by atoms with E-state index in [-0.39, 0.29) is 11.8 Å². The zero-order valence-corrected chi connectivity index (χ0v) is 11.3. The van der Waals surface area contributed by atoms with Crippen LogP contribution in [-0.2, 0) is 4.74 Å². The molecule has 3 unspecified atom stereocenters. The Kier molecular flexibility index (Phi) is 4.23. The molecule has 4 heteroatoms. The molecule has 1 aliphatic heterocycles. The fraction of sp³-hybridized carbons (Fsp3) is 0.571. The third kappa shape index (κ3) is 2.67. The van der Waals surface area contributed by atoms with Gasteiger partial charge in [-0.05, 0) is 36.8 Å². The molecule has 1 aromatic carbocycles. The van der Waals surface area contributed by atoms with Gasteiger partial charge in [-0.3, -0.25) is 0 Å². The van der Waals surface area contributed by atoms with Crippen LogP contribution in [0.2, 0.25) is 0 Å². The van der Waals surface area contributed by atoms with Crippen molar-refractivity contribution in [3.05, 3.63) is 34.9 Å². The first-order valence-corrected chi connectivity index (χ1v) is 6.61. The minimum atomic E-state index is -0.559. The minimum Gasteiger partial charge on any atom is -0.381 e. The summed E-state index contributed by atoms with van der Waals surface area (Å²) >= 11 is 6.39. The van der Waals surface area contributed by atoms with Crippen molar-refractivity contribution in [2.24, 2.45) is 11.8 Å². The van der Waals surface area contributed by atoms with Gasteiger partial charge in [0.05, 0.1) is 5.38 Å². The summed E-state index contributed by atoms with van der Waals surface area (Å²) < 4.78 is 32.4. The van der Waals surface area contributed by atoms with Gasteiger partial charge in [-0.1, -0.05) is 6.92 Å². The van der Waals surface area contributed by atoms with E-state index in [1.807, 2.05) is 6.92 Å². The average molecular weight is 275 g/mol. The van der Waals surface area contributed by atoms with Crippen LogP contribution >= 0.6 is 11.6 Å². The second kappa shape index (κ2) is 5.54. The van der Waals surface area contributed by atoms with Crippen molar-refractivity contribution in [2.75, 3.05) is 13.2 Å². The van der Waals surface area contributed by atoms with Crippen molar-refractivity contribution >= 4 is 11.6 Å². The summed E-state index contributed by atoms with van der Waals surface area (Å²) in [6.45, 7) is 4.97. The second-order valence-electron chi connectivity index (χ2n) is 5.03. The Hall–Kier alpha value is -0.670. The number of hydrogen-bond acceptors (Lipinski definition) is 1.